The van der Waals surface area contributed by atoms with Crippen LogP contribution in [0, 0.1) is 0 Å². The minimum atomic E-state index is -4.53. The Hall–Kier alpha value is -1.03. The summed E-state index contributed by atoms with van der Waals surface area (Å²) in [7, 11) is -4.53. The fourth-order valence-corrected chi connectivity index (χ4v) is 1.93. The average Bonchev–Trinajstić information content (AvgIpc) is 2.47. The third-order valence-electron chi connectivity index (χ3n) is 2.17. The van der Waals surface area contributed by atoms with Crippen LogP contribution in [0.15, 0.2) is 0 Å². The van der Waals surface area contributed by atoms with E-state index < -0.39 is 58.4 Å². The number of hydrogen-bond donors (Lipinski definition) is 3. The van der Waals surface area contributed by atoms with Crippen molar-refractivity contribution >= 4 is 19.8 Å². The van der Waals surface area contributed by atoms with E-state index in [-0.39, 0.29) is 6.42 Å². The summed E-state index contributed by atoms with van der Waals surface area (Å²) in [6.07, 6.45) is -2.16. The first kappa shape index (κ1) is 21.0. The minimum Gasteiger partial charge on any atom is -0.458 e. The van der Waals surface area contributed by atoms with Crippen molar-refractivity contribution < 1.29 is 47.8 Å². The van der Waals surface area contributed by atoms with Crippen LogP contribution in [0.1, 0.15) is 20.3 Å². The van der Waals surface area contributed by atoms with Crippen LogP contribution in [-0.2, 0) is 32.7 Å². The molecule has 0 aromatic carbocycles. The first-order valence-corrected chi connectivity index (χ1v) is 7.93. The van der Waals surface area contributed by atoms with Crippen LogP contribution in [0.2, 0.25) is 0 Å². The van der Waals surface area contributed by atoms with Crippen molar-refractivity contribution in [2.45, 2.75) is 32.5 Å². The number of ether oxygens (including phenoxy) is 2. The molecular formula is C11H21O10P. The second kappa shape index (κ2) is 10.7. The van der Waals surface area contributed by atoms with Crippen LogP contribution in [0.5, 0.6) is 0 Å². The third-order valence-corrected chi connectivity index (χ3v) is 3.12. The monoisotopic (exact) mass is 344 g/mol. The molecule has 0 rings (SSSR count). The van der Waals surface area contributed by atoms with E-state index in [1.165, 1.54) is 0 Å². The van der Waals surface area contributed by atoms with E-state index in [1.54, 1.807) is 6.92 Å². The molecule has 3 N–H and O–H groups in total. The predicted octanol–water partition coefficient (Wildman–Crippen LogP) is -0.642. The van der Waals surface area contributed by atoms with Gasteiger partial charge in [0.05, 0.1) is 26.4 Å². The largest absolute Gasteiger partial charge is 0.472 e. The zero-order valence-corrected chi connectivity index (χ0v) is 13.2. The average molecular weight is 344 g/mol. The van der Waals surface area contributed by atoms with Gasteiger partial charge in [0.1, 0.15) is 12.2 Å². The highest BCUT2D eigenvalue weighted by Crippen LogP contribution is 2.43. The molecule has 0 heterocycles. The molecule has 0 aromatic heterocycles. The van der Waals surface area contributed by atoms with Crippen molar-refractivity contribution in [2.24, 2.45) is 0 Å². The van der Waals surface area contributed by atoms with E-state index in [4.69, 9.17) is 14.9 Å². The first-order chi connectivity index (χ1) is 10.2. The molecule has 0 amide bonds. The van der Waals surface area contributed by atoms with E-state index in [9.17, 15) is 19.0 Å². The molecule has 0 aliphatic rings. The van der Waals surface area contributed by atoms with Crippen molar-refractivity contribution in [3.63, 3.8) is 0 Å². The van der Waals surface area contributed by atoms with Gasteiger partial charge in [0.2, 0.25) is 0 Å². The number of esters is 2. The Morgan fingerprint density at radius 2 is 1.50 bits per heavy atom. The van der Waals surface area contributed by atoms with Gasteiger partial charge in [-0.1, -0.05) is 6.92 Å². The summed E-state index contributed by atoms with van der Waals surface area (Å²) >= 11 is 0. The number of phosphoric acid groups is 1. The maximum atomic E-state index is 11.6. The second-order valence-electron chi connectivity index (χ2n) is 4.12. The molecule has 0 spiro atoms. The number of phosphoric ester groups is 1. The fraction of sp³-hybridized carbons (Fsp3) is 0.818. The second-order valence-corrected chi connectivity index (χ2v) is 5.58. The van der Waals surface area contributed by atoms with Gasteiger partial charge in [0, 0.05) is 13.3 Å². The summed E-state index contributed by atoms with van der Waals surface area (Å²) in [5.41, 5.74) is 0. The lowest BCUT2D eigenvalue weighted by Gasteiger charge is -2.19. The Morgan fingerprint density at radius 3 is 1.86 bits per heavy atom. The SMILES string of the molecule is CCC(=O)OC(CO)COP(=O)(O)OCC(CO)OC(C)=O. The summed E-state index contributed by atoms with van der Waals surface area (Å²) in [5.74, 6) is -1.30. The van der Waals surface area contributed by atoms with Gasteiger partial charge in [-0.3, -0.25) is 18.6 Å². The van der Waals surface area contributed by atoms with Gasteiger partial charge in [-0.15, -0.1) is 0 Å². The van der Waals surface area contributed by atoms with E-state index in [0.717, 1.165) is 6.92 Å². The molecule has 0 aliphatic carbocycles. The van der Waals surface area contributed by atoms with E-state index >= 15 is 0 Å². The topological polar surface area (TPSA) is 149 Å². The molecule has 3 unspecified atom stereocenters. The normalized spacial score (nSPS) is 16.4. The number of aliphatic hydroxyl groups excluding tert-OH is 2. The highest BCUT2D eigenvalue weighted by molar-refractivity contribution is 7.47. The van der Waals surface area contributed by atoms with Crippen LogP contribution >= 0.6 is 7.82 Å². The Balaban J connectivity index is 4.29. The summed E-state index contributed by atoms with van der Waals surface area (Å²) in [6.45, 7) is 0.314. The first-order valence-electron chi connectivity index (χ1n) is 6.44. The van der Waals surface area contributed by atoms with Gasteiger partial charge in [0.15, 0.2) is 0 Å². The molecule has 22 heavy (non-hydrogen) atoms. The highest BCUT2D eigenvalue weighted by atomic mass is 31.2. The summed E-state index contributed by atoms with van der Waals surface area (Å²) in [5, 5.41) is 17.9. The van der Waals surface area contributed by atoms with Crippen LogP contribution in [0.3, 0.4) is 0 Å². The number of carbonyl (C=O) groups excluding carboxylic acids is 2. The number of hydrogen-bond acceptors (Lipinski definition) is 9. The van der Waals surface area contributed by atoms with Gasteiger partial charge < -0.3 is 24.6 Å². The van der Waals surface area contributed by atoms with Crippen LogP contribution < -0.4 is 0 Å². The van der Waals surface area contributed by atoms with Gasteiger partial charge in [-0.2, -0.15) is 0 Å². The summed E-state index contributed by atoms with van der Waals surface area (Å²) in [4.78, 5) is 31.1. The van der Waals surface area contributed by atoms with Crippen LogP contribution in [0.25, 0.3) is 0 Å². The maximum Gasteiger partial charge on any atom is 0.472 e. The van der Waals surface area contributed by atoms with Crippen molar-refractivity contribution in [1.82, 2.24) is 0 Å². The summed E-state index contributed by atoms with van der Waals surface area (Å²) in [6, 6.07) is 0. The predicted molar refractivity (Wildman–Crippen MR) is 71.6 cm³/mol. The molecule has 0 aliphatic heterocycles. The van der Waals surface area contributed by atoms with Gasteiger partial charge in [-0.25, -0.2) is 4.57 Å². The van der Waals surface area contributed by atoms with Crippen LogP contribution in [0.4, 0.5) is 0 Å². The van der Waals surface area contributed by atoms with Crippen molar-refractivity contribution in [3.8, 4) is 0 Å². The molecule has 0 fully saturated rings. The standard InChI is InChI=1S/C11H21O10P/c1-3-11(15)21-10(5-13)7-19-22(16,17)18-6-9(4-12)20-8(2)14/h9-10,12-13H,3-7H2,1-2H3,(H,16,17). The molecule has 11 heteroatoms. The molecular weight excluding hydrogens is 323 g/mol. The van der Waals surface area contributed by atoms with Crippen molar-refractivity contribution in [1.29, 1.82) is 0 Å². The molecule has 0 aromatic rings. The van der Waals surface area contributed by atoms with E-state index in [0.29, 0.717) is 0 Å². The van der Waals surface area contributed by atoms with Gasteiger partial charge in [0.25, 0.3) is 0 Å². The maximum absolute atomic E-state index is 11.6. The Morgan fingerprint density at radius 1 is 1.05 bits per heavy atom. The molecule has 0 saturated carbocycles. The molecule has 130 valence electrons. The van der Waals surface area contributed by atoms with E-state index in [1.807, 2.05) is 0 Å². The molecule has 0 radical (unpaired) electrons. The van der Waals surface area contributed by atoms with Gasteiger partial charge in [-0.05, 0) is 0 Å². The lowest BCUT2D eigenvalue weighted by molar-refractivity contribution is -0.152. The lowest BCUT2D eigenvalue weighted by Crippen LogP contribution is -2.28. The summed E-state index contributed by atoms with van der Waals surface area (Å²) < 4.78 is 30.0. The minimum absolute atomic E-state index is 0.0738. The molecule has 0 bridgehead atoms. The third kappa shape index (κ3) is 9.82. The zero-order chi connectivity index (χ0) is 17.2. The van der Waals surface area contributed by atoms with Crippen molar-refractivity contribution in [2.75, 3.05) is 26.4 Å². The Labute approximate surface area is 127 Å². The number of rotatable bonds is 11. The quantitative estimate of drug-likeness (QED) is 0.326. The van der Waals surface area contributed by atoms with E-state index in [2.05, 4.69) is 13.8 Å². The molecule has 3 atom stereocenters. The Bertz CT molecular complexity index is 398. The number of carbonyl (C=O) groups is 2. The Kier molecular flexibility index (Phi) is 10.2. The fourth-order valence-electron chi connectivity index (χ4n) is 1.14. The van der Waals surface area contributed by atoms with Crippen molar-refractivity contribution in [3.05, 3.63) is 0 Å². The zero-order valence-electron chi connectivity index (χ0n) is 12.3. The molecule has 10 nitrogen and oxygen atoms in total. The van der Waals surface area contributed by atoms with Gasteiger partial charge >= 0.3 is 19.8 Å². The molecule has 0 saturated heterocycles. The lowest BCUT2D eigenvalue weighted by atomic mass is 10.4. The smallest absolute Gasteiger partial charge is 0.458 e. The highest BCUT2D eigenvalue weighted by Gasteiger charge is 2.26. The van der Waals surface area contributed by atoms with Crippen LogP contribution in [-0.4, -0.2) is 65.7 Å². The number of aliphatic hydroxyl groups is 2.